The molecule has 0 bridgehead atoms. The van der Waals surface area contributed by atoms with Crippen LogP contribution in [0.5, 0.6) is 5.75 Å². The molecule has 10 rings (SSSR count). The minimum atomic E-state index is -0.993. The molecule has 5 amide bonds. The molecule has 278 valence electrons. The summed E-state index contributed by atoms with van der Waals surface area (Å²) in [5, 5.41) is 12.4. The van der Waals surface area contributed by atoms with Crippen molar-refractivity contribution in [1.29, 1.82) is 0 Å². The Balaban J connectivity index is 0.747. The van der Waals surface area contributed by atoms with Crippen LogP contribution < -0.4 is 10.2 Å². The minimum absolute atomic E-state index is 0.0779. The summed E-state index contributed by atoms with van der Waals surface area (Å²) in [6.45, 7) is 4.55. The van der Waals surface area contributed by atoms with E-state index < -0.39 is 29.7 Å². The summed E-state index contributed by atoms with van der Waals surface area (Å²) < 4.78 is 0. The Morgan fingerprint density at radius 3 is 2.11 bits per heavy atom. The van der Waals surface area contributed by atoms with Crippen molar-refractivity contribution in [3.63, 3.8) is 0 Å². The zero-order chi connectivity index (χ0) is 37.6. The molecule has 0 aromatic heterocycles. The number of hydrogen-bond acceptors (Lipinski definition) is 8. The lowest BCUT2D eigenvalue weighted by Gasteiger charge is -2.61. The van der Waals surface area contributed by atoms with E-state index in [2.05, 4.69) is 70.9 Å². The summed E-state index contributed by atoms with van der Waals surface area (Å²) in [5.41, 5.74) is 8.79. The lowest BCUT2D eigenvalue weighted by molar-refractivity contribution is -0.146. The van der Waals surface area contributed by atoms with Crippen LogP contribution in [-0.2, 0) is 33.9 Å². The number of benzene rings is 4. The number of phenols is 1. The van der Waals surface area contributed by atoms with Crippen molar-refractivity contribution in [3.05, 3.63) is 129 Å². The number of aryl methyl sites for hydroxylation is 1. The van der Waals surface area contributed by atoms with E-state index in [9.17, 15) is 29.1 Å². The Morgan fingerprint density at radius 1 is 0.745 bits per heavy atom. The van der Waals surface area contributed by atoms with Gasteiger partial charge in [0.05, 0.1) is 17.7 Å². The number of nitrogens with zero attached hydrogens (tertiary/aromatic N) is 4. The molecule has 1 aliphatic carbocycles. The molecule has 0 radical (unpaired) electrons. The Bertz CT molecular complexity index is 2250. The molecular formula is C44H41N5O6. The summed E-state index contributed by atoms with van der Waals surface area (Å²) in [4.78, 5) is 71.4. The van der Waals surface area contributed by atoms with Gasteiger partial charge in [-0.3, -0.25) is 39.1 Å². The third-order valence-electron chi connectivity index (χ3n) is 12.8. The van der Waals surface area contributed by atoms with Gasteiger partial charge in [-0.2, -0.15) is 0 Å². The average Bonchev–Trinajstić information content (AvgIpc) is 3.65. The maximum Gasteiger partial charge on any atom is 0.262 e. The van der Waals surface area contributed by atoms with Crippen molar-refractivity contribution < 1.29 is 29.1 Å². The van der Waals surface area contributed by atoms with Gasteiger partial charge >= 0.3 is 0 Å². The molecule has 3 atom stereocenters. The van der Waals surface area contributed by atoms with Crippen molar-refractivity contribution in [1.82, 2.24) is 20.0 Å². The van der Waals surface area contributed by atoms with E-state index in [0.29, 0.717) is 24.8 Å². The second-order valence-electron chi connectivity index (χ2n) is 16.4. The average molecular weight is 736 g/mol. The maximum absolute atomic E-state index is 13.4. The fourth-order valence-corrected chi connectivity index (χ4v) is 10.1. The smallest absolute Gasteiger partial charge is 0.262 e. The standard InChI is InChI=1S/C44H41N5O6/c50-32-11-13-34-28(16-32)8-12-33(26-4-2-1-3-5-26)40(34)27-6-9-31(10-7-27)47-22-44(23-47)24-48(25-44)39(52)21-46-19-29-17-35-36(18-30(29)20-46)43(55)49(42(35)54)37-14-15-38(51)45-41(37)53/h1-7,9-11,13,16-18,33,37,40,50H,8,12,14-15,19-25H2,(H,45,51,53). The van der Waals surface area contributed by atoms with Crippen LogP contribution in [0.1, 0.15) is 85.2 Å². The van der Waals surface area contributed by atoms with E-state index in [1.807, 2.05) is 21.9 Å². The van der Waals surface area contributed by atoms with Gasteiger partial charge in [0.25, 0.3) is 11.8 Å². The summed E-state index contributed by atoms with van der Waals surface area (Å²) in [6, 6.07) is 28.0. The number of amides is 5. The van der Waals surface area contributed by atoms with E-state index in [-0.39, 0.29) is 47.8 Å². The number of anilines is 1. The molecule has 2 N–H and O–H groups in total. The molecule has 4 aromatic rings. The molecule has 5 heterocycles. The molecule has 0 saturated carbocycles. The first kappa shape index (κ1) is 33.7. The number of hydrogen-bond donors (Lipinski definition) is 2. The fraction of sp³-hybridized carbons (Fsp3) is 0.341. The van der Waals surface area contributed by atoms with Crippen LogP contribution in [0.4, 0.5) is 5.69 Å². The molecule has 5 aliphatic heterocycles. The predicted octanol–water partition coefficient (Wildman–Crippen LogP) is 4.32. The Labute approximate surface area is 318 Å². The number of phenolic OH excluding ortho intramolecular Hbond substituents is 1. The van der Waals surface area contributed by atoms with Gasteiger partial charge in [-0.05, 0) is 95.0 Å². The van der Waals surface area contributed by atoms with E-state index in [1.54, 1.807) is 12.1 Å². The molecular weight excluding hydrogens is 695 g/mol. The number of nitrogens with one attached hydrogen (secondary N) is 1. The highest BCUT2D eigenvalue weighted by molar-refractivity contribution is 6.23. The van der Waals surface area contributed by atoms with Crippen molar-refractivity contribution in [2.45, 2.75) is 56.7 Å². The highest BCUT2D eigenvalue weighted by atomic mass is 16.3. The van der Waals surface area contributed by atoms with Gasteiger partial charge in [-0.15, -0.1) is 0 Å². The molecule has 3 saturated heterocycles. The quantitative estimate of drug-likeness (QED) is 0.280. The van der Waals surface area contributed by atoms with E-state index >= 15 is 0 Å². The normalized spacial score (nSPS) is 23.9. The van der Waals surface area contributed by atoms with Crippen LogP contribution >= 0.6 is 0 Å². The first-order valence-electron chi connectivity index (χ1n) is 19.2. The maximum atomic E-state index is 13.4. The number of carbonyl (C=O) groups is 5. The summed E-state index contributed by atoms with van der Waals surface area (Å²) in [7, 11) is 0. The van der Waals surface area contributed by atoms with E-state index in [4.69, 9.17) is 0 Å². The first-order chi connectivity index (χ1) is 26.6. The van der Waals surface area contributed by atoms with Crippen molar-refractivity contribution in [2.24, 2.45) is 5.41 Å². The van der Waals surface area contributed by atoms with Crippen LogP contribution in [0.2, 0.25) is 0 Å². The third kappa shape index (κ3) is 5.63. The highest BCUT2D eigenvalue weighted by Crippen LogP contribution is 2.48. The van der Waals surface area contributed by atoms with Crippen molar-refractivity contribution >= 4 is 35.2 Å². The largest absolute Gasteiger partial charge is 0.508 e. The minimum Gasteiger partial charge on any atom is -0.508 e. The third-order valence-corrected chi connectivity index (χ3v) is 12.8. The molecule has 3 fully saturated rings. The zero-order valence-electron chi connectivity index (χ0n) is 30.4. The van der Waals surface area contributed by atoms with Crippen molar-refractivity contribution in [3.8, 4) is 5.75 Å². The van der Waals surface area contributed by atoms with Crippen LogP contribution in [0, 0.1) is 5.41 Å². The number of carbonyl (C=O) groups excluding carboxylic acids is 5. The van der Waals surface area contributed by atoms with Gasteiger partial charge in [0.15, 0.2) is 0 Å². The second kappa shape index (κ2) is 12.6. The lowest BCUT2D eigenvalue weighted by atomic mass is 9.69. The van der Waals surface area contributed by atoms with Crippen LogP contribution in [-0.4, -0.2) is 88.1 Å². The van der Waals surface area contributed by atoms with Crippen LogP contribution in [0.25, 0.3) is 0 Å². The highest BCUT2D eigenvalue weighted by Gasteiger charge is 2.53. The van der Waals surface area contributed by atoms with E-state index in [0.717, 1.165) is 55.0 Å². The lowest BCUT2D eigenvalue weighted by Crippen LogP contribution is -2.73. The summed E-state index contributed by atoms with van der Waals surface area (Å²) in [6.07, 6.45) is 2.17. The molecule has 55 heavy (non-hydrogen) atoms. The van der Waals surface area contributed by atoms with Gasteiger partial charge in [0, 0.05) is 62.7 Å². The van der Waals surface area contributed by atoms with Crippen LogP contribution in [0.15, 0.2) is 84.9 Å². The SMILES string of the molecule is O=C1CCC(N2C(=O)c3cc4c(cc3C2=O)CN(CC(=O)N2CC3(C2)CN(c2ccc(C5c6ccc(O)cc6CCC5c5ccccc5)cc2)C3)C4)C(=O)N1. The summed E-state index contributed by atoms with van der Waals surface area (Å²) >= 11 is 0. The molecule has 6 aliphatic rings. The second-order valence-corrected chi connectivity index (χ2v) is 16.4. The molecule has 1 spiro atoms. The molecule has 4 aromatic carbocycles. The van der Waals surface area contributed by atoms with Gasteiger partial charge < -0.3 is 14.9 Å². The Morgan fingerprint density at radius 2 is 1.44 bits per heavy atom. The molecule has 3 unspecified atom stereocenters. The van der Waals surface area contributed by atoms with Gasteiger partial charge in [0.1, 0.15) is 11.8 Å². The van der Waals surface area contributed by atoms with E-state index in [1.165, 1.54) is 27.9 Å². The Hall–Kier alpha value is -5.81. The number of fused-ring (bicyclic) bond motifs is 3. The number of imide groups is 2. The monoisotopic (exact) mass is 735 g/mol. The zero-order valence-corrected chi connectivity index (χ0v) is 30.4. The van der Waals surface area contributed by atoms with Gasteiger partial charge in [-0.1, -0.05) is 48.5 Å². The fourth-order valence-electron chi connectivity index (χ4n) is 10.1. The first-order valence-corrected chi connectivity index (χ1v) is 19.2. The van der Waals surface area contributed by atoms with Crippen LogP contribution in [0.3, 0.4) is 0 Å². The topological polar surface area (TPSA) is 131 Å². The molecule has 11 nitrogen and oxygen atoms in total. The number of piperidine rings is 1. The Kier molecular flexibility index (Phi) is 7.74. The summed E-state index contributed by atoms with van der Waals surface area (Å²) in [5.74, 6) is -1.09. The number of rotatable bonds is 6. The number of aromatic hydroxyl groups is 1. The van der Waals surface area contributed by atoms with Crippen molar-refractivity contribution in [2.75, 3.05) is 37.6 Å². The van der Waals surface area contributed by atoms with Gasteiger partial charge in [0.2, 0.25) is 17.7 Å². The van der Waals surface area contributed by atoms with Gasteiger partial charge in [-0.25, -0.2) is 0 Å². The predicted molar refractivity (Wildman–Crippen MR) is 202 cm³/mol. The number of likely N-dealkylation sites (tertiary alicyclic amines) is 1. The molecule has 11 heteroatoms.